The van der Waals surface area contributed by atoms with Crippen molar-refractivity contribution in [2.75, 3.05) is 0 Å². The molecule has 0 radical (unpaired) electrons. The van der Waals surface area contributed by atoms with Crippen LogP contribution < -0.4 is 0 Å². The van der Waals surface area contributed by atoms with E-state index < -0.39 is 0 Å². The van der Waals surface area contributed by atoms with E-state index in [0.29, 0.717) is 0 Å². The Balaban J connectivity index is 2.10. The Kier molecular flexibility index (Phi) is 0.855. The van der Waals surface area contributed by atoms with E-state index in [2.05, 4.69) is 4.74 Å². The van der Waals surface area contributed by atoms with Crippen LogP contribution in [0, 0.1) is 0 Å². The molecule has 0 saturated carbocycles. The maximum atomic E-state index is 10.0. The van der Waals surface area contributed by atoms with Crippen LogP contribution in [0.15, 0.2) is 12.2 Å². The molecule has 0 spiro atoms. The number of ether oxygens (including phenoxy) is 1. The van der Waals surface area contributed by atoms with Crippen LogP contribution in [-0.4, -0.2) is 12.1 Å². The molecule has 0 unspecified atom stereocenters. The fourth-order valence-corrected chi connectivity index (χ4v) is 0.316. The van der Waals surface area contributed by atoms with Crippen LogP contribution in [0.1, 0.15) is 6.92 Å². The highest BCUT2D eigenvalue weighted by Gasteiger charge is 2.12. The van der Waals surface area contributed by atoms with Gasteiger partial charge in [-0.25, -0.2) is 0 Å². The lowest BCUT2D eigenvalue weighted by atomic mass is 10.7. The van der Waals surface area contributed by atoms with Crippen LogP contribution in [0.25, 0.3) is 0 Å². The summed E-state index contributed by atoms with van der Waals surface area (Å²) in [6.45, 7) is 1.40. The van der Waals surface area contributed by atoms with E-state index in [1.807, 2.05) is 12.2 Å². The molecule has 2 nitrogen and oxygen atoms in total. The van der Waals surface area contributed by atoms with Crippen molar-refractivity contribution in [2.45, 2.75) is 13.0 Å². The largest absolute Gasteiger partial charge is 0.454 e. The zero-order valence-electron chi connectivity index (χ0n) is 4.05. The molecule has 0 aliphatic heterocycles. The number of hydrogen-bond acceptors (Lipinski definition) is 2. The van der Waals surface area contributed by atoms with Crippen molar-refractivity contribution >= 4 is 5.97 Å². The quantitative estimate of drug-likeness (QED) is 0.352. The third-order valence-electron chi connectivity index (χ3n) is 0.652. The molecule has 2 heteroatoms. The molecule has 38 valence electrons. The van der Waals surface area contributed by atoms with Gasteiger partial charge in [-0.3, -0.25) is 4.79 Å². The maximum Gasteiger partial charge on any atom is 0.303 e. The fourth-order valence-electron chi connectivity index (χ4n) is 0.316. The van der Waals surface area contributed by atoms with E-state index in [-0.39, 0.29) is 12.1 Å². The number of hydrogen-bond donors (Lipinski definition) is 0. The third kappa shape index (κ3) is 1.39. The van der Waals surface area contributed by atoms with Gasteiger partial charge in [-0.05, 0) is 12.2 Å². The molecule has 0 aromatic rings. The zero-order chi connectivity index (χ0) is 5.28. The topological polar surface area (TPSA) is 26.3 Å². The van der Waals surface area contributed by atoms with Crippen LogP contribution in [0.2, 0.25) is 0 Å². The molecule has 0 aromatic heterocycles. The molecular weight excluding hydrogens is 92.1 g/mol. The lowest BCUT2D eigenvalue weighted by Crippen LogP contribution is -2.00. The Morgan fingerprint density at radius 3 is 2.43 bits per heavy atom. The standard InChI is InChI=1S/C5H6O2/c1-4(6)7-5-2-3-5/h2-3,5H,1H3. The summed E-state index contributed by atoms with van der Waals surface area (Å²) in [5.74, 6) is -0.213. The van der Waals surface area contributed by atoms with Gasteiger partial charge < -0.3 is 4.74 Å². The van der Waals surface area contributed by atoms with Gasteiger partial charge in [-0.15, -0.1) is 0 Å². The van der Waals surface area contributed by atoms with E-state index in [9.17, 15) is 4.79 Å². The van der Waals surface area contributed by atoms with Gasteiger partial charge in [0.15, 0.2) is 0 Å². The first-order valence-electron chi connectivity index (χ1n) is 2.14. The van der Waals surface area contributed by atoms with Crippen molar-refractivity contribution in [3.8, 4) is 0 Å². The molecule has 0 heterocycles. The number of esters is 1. The average Bonchev–Trinajstić information content (AvgIpc) is 2.17. The van der Waals surface area contributed by atoms with Crippen molar-refractivity contribution in [3.05, 3.63) is 12.2 Å². The molecule has 1 aliphatic rings. The Morgan fingerprint density at radius 1 is 1.71 bits per heavy atom. The van der Waals surface area contributed by atoms with Gasteiger partial charge in [0.1, 0.15) is 6.10 Å². The molecule has 7 heavy (non-hydrogen) atoms. The van der Waals surface area contributed by atoms with Gasteiger partial charge in [0.05, 0.1) is 0 Å². The third-order valence-corrected chi connectivity index (χ3v) is 0.652. The van der Waals surface area contributed by atoms with Crippen molar-refractivity contribution in [3.63, 3.8) is 0 Å². The molecule has 0 amide bonds. The minimum absolute atomic E-state index is 0.0255. The summed E-state index contributed by atoms with van der Waals surface area (Å²) < 4.78 is 4.61. The van der Waals surface area contributed by atoms with Crippen molar-refractivity contribution in [1.82, 2.24) is 0 Å². The molecule has 1 aliphatic carbocycles. The van der Waals surface area contributed by atoms with Crippen molar-refractivity contribution in [2.24, 2.45) is 0 Å². The first-order chi connectivity index (χ1) is 3.29. The second-order valence-electron chi connectivity index (χ2n) is 1.46. The second kappa shape index (κ2) is 1.37. The Morgan fingerprint density at radius 2 is 2.29 bits per heavy atom. The molecule has 0 bridgehead atoms. The Bertz CT molecular complexity index is 109. The van der Waals surface area contributed by atoms with Crippen LogP contribution >= 0.6 is 0 Å². The first-order valence-corrected chi connectivity index (χ1v) is 2.14. The normalized spacial score (nSPS) is 16.7. The highest BCUT2D eigenvalue weighted by atomic mass is 16.5. The predicted octanol–water partition coefficient (Wildman–Crippen LogP) is 0.488. The highest BCUT2D eigenvalue weighted by molar-refractivity contribution is 5.67. The van der Waals surface area contributed by atoms with Crippen LogP contribution in [0.3, 0.4) is 0 Å². The van der Waals surface area contributed by atoms with E-state index in [1.54, 1.807) is 0 Å². The summed E-state index contributed by atoms with van der Waals surface area (Å²) in [5.41, 5.74) is 0. The summed E-state index contributed by atoms with van der Waals surface area (Å²) in [4.78, 5) is 10.0. The monoisotopic (exact) mass is 98.0 g/mol. The molecule has 0 fully saturated rings. The molecule has 1 rings (SSSR count). The van der Waals surface area contributed by atoms with Crippen LogP contribution in [0.5, 0.6) is 0 Å². The summed E-state index contributed by atoms with van der Waals surface area (Å²) in [7, 11) is 0. The van der Waals surface area contributed by atoms with Gasteiger partial charge in [0.25, 0.3) is 0 Å². The van der Waals surface area contributed by atoms with Gasteiger partial charge >= 0.3 is 5.97 Å². The van der Waals surface area contributed by atoms with E-state index in [1.165, 1.54) is 6.92 Å². The predicted molar refractivity (Wildman–Crippen MR) is 24.7 cm³/mol. The summed E-state index contributed by atoms with van der Waals surface area (Å²) in [5, 5.41) is 0. The average molecular weight is 98.1 g/mol. The Labute approximate surface area is 41.8 Å². The number of carbonyl (C=O) groups excluding carboxylic acids is 1. The van der Waals surface area contributed by atoms with E-state index in [4.69, 9.17) is 0 Å². The molecule has 0 atom stereocenters. The molecule has 0 saturated heterocycles. The summed E-state index contributed by atoms with van der Waals surface area (Å²) in [6.07, 6.45) is 3.67. The molecule has 0 N–H and O–H groups in total. The van der Waals surface area contributed by atoms with Crippen LogP contribution in [-0.2, 0) is 9.53 Å². The van der Waals surface area contributed by atoms with E-state index >= 15 is 0 Å². The summed E-state index contributed by atoms with van der Waals surface area (Å²) >= 11 is 0. The minimum atomic E-state index is -0.213. The second-order valence-corrected chi connectivity index (χ2v) is 1.46. The van der Waals surface area contributed by atoms with Gasteiger partial charge in [-0.2, -0.15) is 0 Å². The lowest BCUT2D eigenvalue weighted by Gasteiger charge is -1.93. The van der Waals surface area contributed by atoms with Gasteiger partial charge in [0, 0.05) is 6.92 Å². The van der Waals surface area contributed by atoms with Gasteiger partial charge in [-0.1, -0.05) is 0 Å². The van der Waals surface area contributed by atoms with Crippen molar-refractivity contribution in [1.29, 1.82) is 0 Å². The van der Waals surface area contributed by atoms with Crippen LogP contribution in [0.4, 0.5) is 0 Å². The minimum Gasteiger partial charge on any atom is -0.454 e. The number of carbonyl (C=O) groups is 1. The SMILES string of the molecule is CC(=O)OC1C=C1. The zero-order valence-corrected chi connectivity index (χ0v) is 4.05. The molecular formula is C5H6O2. The lowest BCUT2D eigenvalue weighted by molar-refractivity contribution is -0.141. The molecule has 0 aromatic carbocycles. The van der Waals surface area contributed by atoms with E-state index in [0.717, 1.165) is 0 Å². The maximum absolute atomic E-state index is 10.0. The Hall–Kier alpha value is -0.790. The van der Waals surface area contributed by atoms with Crippen molar-refractivity contribution < 1.29 is 9.53 Å². The highest BCUT2D eigenvalue weighted by Crippen LogP contribution is 2.09. The first kappa shape index (κ1) is 4.37. The van der Waals surface area contributed by atoms with Gasteiger partial charge in [0.2, 0.25) is 0 Å². The summed E-state index contributed by atoms with van der Waals surface area (Å²) in [6, 6.07) is 0. The fraction of sp³-hybridized carbons (Fsp3) is 0.400. The smallest absolute Gasteiger partial charge is 0.303 e. The number of rotatable bonds is 1.